The van der Waals surface area contributed by atoms with Crippen molar-refractivity contribution in [3.05, 3.63) is 11.5 Å². The predicted octanol–water partition coefficient (Wildman–Crippen LogP) is 0.335. The highest BCUT2D eigenvalue weighted by Gasteiger charge is 2.20. The molecule has 0 spiro atoms. The zero-order chi connectivity index (χ0) is 15.9. The highest BCUT2D eigenvalue weighted by atomic mass is 16.5. The number of aliphatic hydroxyl groups excluding tert-OH is 1. The molecule has 1 aromatic heterocycles. The maximum atomic E-state index is 9.01. The van der Waals surface area contributed by atoms with E-state index in [2.05, 4.69) is 32.1 Å². The Bertz CT molecular complexity index is 475. The van der Waals surface area contributed by atoms with E-state index in [1.807, 2.05) is 13.8 Å². The van der Waals surface area contributed by atoms with E-state index in [4.69, 9.17) is 9.84 Å². The van der Waals surface area contributed by atoms with Crippen molar-refractivity contribution in [3.63, 3.8) is 0 Å². The quantitative estimate of drug-likeness (QED) is 0.752. The van der Waals surface area contributed by atoms with E-state index in [1.165, 1.54) is 0 Å². The van der Waals surface area contributed by atoms with Gasteiger partial charge in [0.05, 0.1) is 13.2 Å². The molecule has 22 heavy (non-hydrogen) atoms. The standard InChI is InChI=1S/C15H27N5O2/c1-4-22-14-13(11-20-8-6-19(3)7-9-20)17-12(2)18-15(14)16-5-10-21/h21H,4-11H2,1-3H3,(H,16,17,18). The lowest BCUT2D eigenvalue weighted by molar-refractivity contribution is 0.145. The van der Waals surface area contributed by atoms with Crippen LogP contribution in [-0.2, 0) is 6.54 Å². The monoisotopic (exact) mass is 309 g/mol. The highest BCUT2D eigenvalue weighted by Crippen LogP contribution is 2.27. The maximum absolute atomic E-state index is 9.01. The Hall–Kier alpha value is -1.44. The number of nitrogens with one attached hydrogen (secondary N) is 1. The molecule has 0 saturated carbocycles. The van der Waals surface area contributed by atoms with Crippen LogP contribution >= 0.6 is 0 Å². The smallest absolute Gasteiger partial charge is 0.184 e. The lowest BCUT2D eigenvalue weighted by atomic mass is 10.2. The van der Waals surface area contributed by atoms with Crippen molar-refractivity contribution in [1.82, 2.24) is 19.8 Å². The minimum absolute atomic E-state index is 0.0579. The summed E-state index contributed by atoms with van der Waals surface area (Å²) >= 11 is 0. The summed E-state index contributed by atoms with van der Waals surface area (Å²) in [5.41, 5.74) is 0.916. The van der Waals surface area contributed by atoms with E-state index in [0.717, 1.165) is 38.4 Å². The summed E-state index contributed by atoms with van der Waals surface area (Å²) < 4.78 is 5.78. The molecule has 0 bridgehead atoms. The van der Waals surface area contributed by atoms with E-state index in [-0.39, 0.29) is 6.61 Å². The highest BCUT2D eigenvalue weighted by molar-refractivity contribution is 5.53. The van der Waals surface area contributed by atoms with Crippen molar-refractivity contribution in [2.75, 3.05) is 58.3 Å². The van der Waals surface area contributed by atoms with Gasteiger partial charge in [-0.25, -0.2) is 9.97 Å². The Morgan fingerprint density at radius 2 is 1.95 bits per heavy atom. The topological polar surface area (TPSA) is 73.8 Å². The third kappa shape index (κ3) is 4.53. The third-order valence-corrected chi connectivity index (χ3v) is 3.71. The number of aryl methyl sites for hydroxylation is 1. The number of hydrogen-bond donors (Lipinski definition) is 2. The van der Waals surface area contributed by atoms with Crippen LogP contribution in [0.4, 0.5) is 5.82 Å². The molecule has 2 rings (SSSR count). The van der Waals surface area contributed by atoms with E-state index in [1.54, 1.807) is 0 Å². The third-order valence-electron chi connectivity index (χ3n) is 3.71. The molecule has 1 saturated heterocycles. The number of piperazine rings is 1. The Labute approximate surface area is 132 Å². The van der Waals surface area contributed by atoms with Crippen molar-refractivity contribution in [1.29, 1.82) is 0 Å². The van der Waals surface area contributed by atoms with Crippen LogP contribution in [-0.4, -0.2) is 77.9 Å². The van der Waals surface area contributed by atoms with Gasteiger partial charge in [-0.15, -0.1) is 0 Å². The summed E-state index contributed by atoms with van der Waals surface area (Å²) in [5.74, 6) is 2.10. The van der Waals surface area contributed by atoms with Crippen LogP contribution in [0.3, 0.4) is 0 Å². The molecule has 1 aliphatic heterocycles. The molecule has 7 heteroatoms. The fourth-order valence-corrected chi connectivity index (χ4v) is 2.54. The lowest BCUT2D eigenvalue weighted by Crippen LogP contribution is -2.44. The number of nitrogens with zero attached hydrogens (tertiary/aromatic N) is 4. The molecule has 0 radical (unpaired) electrons. The molecule has 0 aromatic carbocycles. The average molecular weight is 309 g/mol. The van der Waals surface area contributed by atoms with Crippen LogP contribution in [0.1, 0.15) is 18.4 Å². The van der Waals surface area contributed by atoms with Gasteiger partial charge >= 0.3 is 0 Å². The summed E-state index contributed by atoms with van der Waals surface area (Å²) in [6, 6.07) is 0. The fraction of sp³-hybridized carbons (Fsp3) is 0.733. The number of rotatable bonds is 7. The Morgan fingerprint density at radius 1 is 1.23 bits per heavy atom. The van der Waals surface area contributed by atoms with Crippen molar-refractivity contribution in [3.8, 4) is 5.75 Å². The number of aliphatic hydroxyl groups is 1. The van der Waals surface area contributed by atoms with E-state index < -0.39 is 0 Å². The minimum Gasteiger partial charge on any atom is -0.488 e. The summed E-state index contributed by atoms with van der Waals surface area (Å²) in [4.78, 5) is 13.7. The van der Waals surface area contributed by atoms with Gasteiger partial charge in [0.1, 0.15) is 11.5 Å². The van der Waals surface area contributed by atoms with Gasteiger partial charge in [0.15, 0.2) is 11.6 Å². The number of ether oxygens (including phenoxy) is 1. The number of likely N-dealkylation sites (N-methyl/N-ethyl adjacent to an activating group) is 1. The van der Waals surface area contributed by atoms with Crippen LogP contribution in [0.2, 0.25) is 0 Å². The zero-order valence-electron chi connectivity index (χ0n) is 13.8. The van der Waals surface area contributed by atoms with Gasteiger partial charge in [0.2, 0.25) is 0 Å². The van der Waals surface area contributed by atoms with Crippen molar-refractivity contribution in [2.24, 2.45) is 0 Å². The second-order valence-electron chi connectivity index (χ2n) is 5.56. The number of anilines is 1. The van der Waals surface area contributed by atoms with Crippen LogP contribution < -0.4 is 10.1 Å². The van der Waals surface area contributed by atoms with Crippen LogP contribution in [0.15, 0.2) is 0 Å². The molecule has 2 N–H and O–H groups in total. The van der Waals surface area contributed by atoms with Crippen LogP contribution in [0.25, 0.3) is 0 Å². The first kappa shape index (κ1) is 16.9. The van der Waals surface area contributed by atoms with Crippen LogP contribution in [0.5, 0.6) is 5.75 Å². The van der Waals surface area contributed by atoms with Crippen LogP contribution in [0, 0.1) is 6.92 Å². The van der Waals surface area contributed by atoms with Gasteiger partial charge in [-0.3, -0.25) is 4.90 Å². The Kier molecular flexibility index (Phi) is 6.35. The molecule has 2 heterocycles. The van der Waals surface area contributed by atoms with Gasteiger partial charge < -0.3 is 20.1 Å². The second kappa shape index (κ2) is 8.26. The predicted molar refractivity (Wildman–Crippen MR) is 86.3 cm³/mol. The number of aromatic nitrogens is 2. The SMILES string of the molecule is CCOc1c(CN2CCN(C)CC2)nc(C)nc1NCCO. The summed E-state index contributed by atoms with van der Waals surface area (Å²) in [6.45, 7) is 9.88. The Morgan fingerprint density at radius 3 is 2.59 bits per heavy atom. The molecule has 0 unspecified atom stereocenters. The molecule has 1 aliphatic rings. The molecule has 1 aromatic rings. The molecular weight excluding hydrogens is 282 g/mol. The largest absolute Gasteiger partial charge is 0.488 e. The van der Waals surface area contributed by atoms with Gasteiger partial charge in [0, 0.05) is 39.3 Å². The molecule has 1 fully saturated rings. The lowest BCUT2D eigenvalue weighted by Gasteiger charge is -2.32. The van der Waals surface area contributed by atoms with Gasteiger partial charge in [-0.05, 0) is 20.9 Å². The zero-order valence-corrected chi connectivity index (χ0v) is 13.8. The van der Waals surface area contributed by atoms with Gasteiger partial charge in [-0.1, -0.05) is 0 Å². The first-order valence-electron chi connectivity index (χ1n) is 7.90. The summed E-state index contributed by atoms with van der Waals surface area (Å²) in [6.07, 6.45) is 0. The van der Waals surface area contributed by atoms with E-state index in [0.29, 0.717) is 30.5 Å². The van der Waals surface area contributed by atoms with Crippen molar-refractivity contribution >= 4 is 5.82 Å². The number of hydrogen-bond acceptors (Lipinski definition) is 7. The second-order valence-corrected chi connectivity index (χ2v) is 5.56. The molecular formula is C15H27N5O2. The molecule has 0 amide bonds. The van der Waals surface area contributed by atoms with E-state index >= 15 is 0 Å². The maximum Gasteiger partial charge on any atom is 0.184 e. The van der Waals surface area contributed by atoms with E-state index in [9.17, 15) is 0 Å². The normalized spacial score (nSPS) is 16.7. The fourth-order valence-electron chi connectivity index (χ4n) is 2.54. The first-order chi connectivity index (χ1) is 10.6. The Balaban J connectivity index is 2.18. The molecule has 7 nitrogen and oxygen atoms in total. The minimum atomic E-state index is 0.0579. The summed E-state index contributed by atoms with van der Waals surface area (Å²) in [7, 11) is 2.15. The average Bonchev–Trinajstić information content (AvgIpc) is 2.50. The molecule has 0 atom stereocenters. The van der Waals surface area contributed by atoms with Gasteiger partial charge in [0.25, 0.3) is 0 Å². The molecule has 124 valence electrons. The summed E-state index contributed by atoms with van der Waals surface area (Å²) in [5, 5.41) is 12.1. The first-order valence-corrected chi connectivity index (χ1v) is 7.90. The van der Waals surface area contributed by atoms with Crippen molar-refractivity contribution in [2.45, 2.75) is 20.4 Å². The molecule has 0 aliphatic carbocycles. The van der Waals surface area contributed by atoms with Crippen molar-refractivity contribution < 1.29 is 9.84 Å². The van der Waals surface area contributed by atoms with Gasteiger partial charge in [-0.2, -0.15) is 0 Å².